The molecule has 2 aliphatic heterocycles. The van der Waals surface area contributed by atoms with Crippen molar-refractivity contribution in [1.82, 2.24) is 0 Å². The van der Waals surface area contributed by atoms with Gasteiger partial charge in [-0.25, -0.2) is 0 Å². The van der Waals surface area contributed by atoms with E-state index in [9.17, 15) is 5.11 Å². The van der Waals surface area contributed by atoms with Gasteiger partial charge in [0.1, 0.15) is 23.7 Å². The number of thioether (sulfide) groups is 1. The molecule has 0 aromatic heterocycles. The molecule has 0 aliphatic carbocycles. The molecule has 5 atom stereocenters. The Morgan fingerprint density at radius 1 is 1.10 bits per heavy atom. The molecule has 0 spiro atoms. The van der Waals surface area contributed by atoms with Crippen LogP contribution in [0.1, 0.15) is 20.8 Å². The Balaban J connectivity index is 1.80. The zero-order valence-corrected chi connectivity index (χ0v) is 12.7. The molecule has 2 aliphatic rings. The second kappa shape index (κ2) is 5.31. The summed E-state index contributed by atoms with van der Waals surface area (Å²) in [6.07, 6.45) is -1.53. The smallest absolute Gasteiger partial charge is 0.164 e. The normalized spacial score (nSPS) is 39.5. The van der Waals surface area contributed by atoms with Crippen LogP contribution in [-0.2, 0) is 14.2 Å². The molecule has 3 rings (SSSR count). The fourth-order valence-electron chi connectivity index (χ4n) is 2.66. The highest BCUT2D eigenvalue weighted by Gasteiger charge is 2.54. The molecule has 110 valence electrons. The van der Waals surface area contributed by atoms with Crippen LogP contribution in [-0.4, -0.2) is 40.7 Å². The van der Waals surface area contributed by atoms with Crippen molar-refractivity contribution in [3.05, 3.63) is 30.3 Å². The van der Waals surface area contributed by atoms with Crippen LogP contribution in [0.4, 0.5) is 0 Å². The summed E-state index contributed by atoms with van der Waals surface area (Å²) in [5.74, 6) is -0.681. The van der Waals surface area contributed by atoms with E-state index in [2.05, 4.69) is 0 Å². The molecule has 1 aromatic rings. The average molecular weight is 296 g/mol. The van der Waals surface area contributed by atoms with Gasteiger partial charge in [0.05, 0.1) is 6.10 Å². The molecule has 1 aromatic carbocycles. The van der Waals surface area contributed by atoms with Gasteiger partial charge in [-0.2, -0.15) is 0 Å². The third-order valence-electron chi connectivity index (χ3n) is 3.59. The van der Waals surface area contributed by atoms with Crippen molar-refractivity contribution >= 4 is 11.8 Å². The number of fused-ring (bicyclic) bond motifs is 1. The van der Waals surface area contributed by atoms with Crippen LogP contribution in [0.25, 0.3) is 0 Å². The predicted octanol–water partition coefficient (Wildman–Crippen LogP) is 2.40. The molecular weight excluding hydrogens is 276 g/mol. The second-order valence-corrected chi connectivity index (χ2v) is 6.87. The van der Waals surface area contributed by atoms with Gasteiger partial charge in [-0.1, -0.05) is 30.0 Å². The molecule has 2 fully saturated rings. The van der Waals surface area contributed by atoms with Gasteiger partial charge in [0.2, 0.25) is 0 Å². The maximum absolute atomic E-state index is 10.2. The second-order valence-electron chi connectivity index (χ2n) is 5.70. The minimum atomic E-state index is -0.681. The van der Waals surface area contributed by atoms with E-state index >= 15 is 0 Å². The van der Waals surface area contributed by atoms with Crippen LogP contribution in [0.2, 0.25) is 0 Å². The Labute approximate surface area is 123 Å². The molecule has 0 bridgehead atoms. The third kappa shape index (κ3) is 2.73. The summed E-state index contributed by atoms with van der Waals surface area (Å²) in [5.41, 5.74) is -0.178. The summed E-state index contributed by atoms with van der Waals surface area (Å²) < 4.78 is 17.7. The van der Waals surface area contributed by atoms with Gasteiger partial charge in [0.15, 0.2) is 5.79 Å². The minimum absolute atomic E-state index is 0.178. The summed E-state index contributed by atoms with van der Waals surface area (Å²) in [5, 5.41) is 10.2. The summed E-state index contributed by atoms with van der Waals surface area (Å²) in [7, 11) is 0. The molecule has 3 unspecified atom stereocenters. The first-order chi connectivity index (χ1) is 9.46. The van der Waals surface area contributed by atoms with Gasteiger partial charge in [0.25, 0.3) is 0 Å². The molecule has 0 radical (unpaired) electrons. The zero-order valence-electron chi connectivity index (χ0n) is 11.9. The maximum Gasteiger partial charge on any atom is 0.164 e. The predicted molar refractivity (Wildman–Crippen MR) is 76.5 cm³/mol. The molecule has 2 saturated heterocycles. The van der Waals surface area contributed by atoms with E-state index in [1.54, 1.807) is 11.8 Å². The van der Waals surface area contributed by atoms with Crippen LogP contribution in [0.3, 0.4) is 0 Å². The van der Waals surface area contributed by atoms with Gasteiger partial charge in [-0.3, -0.25) is 0 Å². The molecule has 20 heavy (non-hydrogen) atoms. The number of rotatable bonds is 2. The van der Waals surface area contributed by atoms with Gasteiger partial charge >= 0.3 is 0 Å². The van der Waals surface area contributed by atoms with E-state index in [-0.39, 0.29) is 23.7 Å². The maximum atomic E-state index is 10.2. The fraction of sp³-hybridized carbons (Fsp3) is 0.600. The molecule has 0 saturated carbocycles. The first-order valence-corrected chi connectivity index (χ1v) is 7.75. The van der Waals surface area contributed by atoms with E-state index in [1.165, 1.54) is 0 Å². The van der Waals surface area contributed by atoms with E-state index in [4.69, 9.17) is 14.2 Å². The van der Waals surface area contributed by atoms with E-state index in [1.807, 2.05) is 51.1 Å². The zero-order chi connectivity index (χ0) is 14.3. The Kier molecular flexibility index (Phi) is 3.81. The largest absolute Gasteiger partial charge is 0.388 e. The van der Waals surface area contributed by atoms with Crippen molar-refractivity contribution in [2.45, 2.75) is 61.3 Å². The Bertz CT molecular complexity index is 464. The van der Waals surface area contributed by atoms with E-state index < -0.39 is 11.9 Å². The fourth-order valence-corrected chi connectivity index (χ4v) is 3.81. The van der Waals surface area contributed by atoms with E-state index in [0.717, 1.165) is 4.90 Å². The number of ether oxygens (including phenoxy) is 3. The van der Waals surface area contributed by atoms with E-state index in [0.29, 0.717) is 0 Å². The van der Waals surface area contributed by atoms with Gasteiger partial charge in [-0.15, -0.1) is 0 Å². The molecule has 5 heteroatoms. The number of hydrogen-bond donors (Lipinski definition) is 1. The van der Waals surface area contributed by atoms with Crippen LogP contribution in [0, 0.1) is 0 Å². The lowest BCUT2D eigenvalue weighted by atomic mass is 10.0. The van der Waals surface area contributed by atoms with Gasteiger partial charge in [-0.05, 0) is 32.9 Å². The Morgan fingerprint density at radius 3 is 2.45 bits per heavy atom. The molecule has 1 N–H and O–H groups in total. The molecule has 4 nitrogen and oxygen atoms in total. The first-order valence-electron chi connectivity index (χ1n) is 6.87. The Hall–Kier alpha value is -0.590. The van der Waals surface area contributed by atoms with Crippen molar-refractivity contribution in [3.63, 3.8) is 0 Å². The van der Waals surface area contributed by atoms with Gasteiger partial charge in [0, 0.05) is 4.90 Å². The average Bonchev–Trinajstić information content (AvgIpc) is 2.73. The standard InChI is InChI=1S/C15H20O4S/c1-9-11(16)12-13(19-15(2,3)18-12)14(17-9)20-10-7-5-4-6-8-10/h4-9,11-14,16H,1-3H3/t9?,11-,12?,13?,14+/m0/s1. The van der Waals surface area contributed by atoms with Crippen molar-refractivity contribution in [2.75, 3.05) is 0 Å². The number of aliphatic hydroxyl groups is 1. The highest BCUT2D eigenvalue weighted by Crippen LogP contribution is 2.42. The minimum Gasteiger partial charge on any atom is -0.388 e. The highest BCUT2D eigenvalue weighted by molar-refractivity contribution is 7.99. The summed E-state index contributed by atoms with van der Waals surface area (Å²) in [4.78, 5) is 1.12. The van der Waals surface area contributed by atoms with Crippen LogP contribution < -0.4 is 0 Å². The van der Waals surface area contributed by atoms with Crippen LogP contribution in [0.15, 0.2) is 35.2 Å². The lowest BCUT2D eigenvalue weighted by molar-refractivity contribution is -0.159. The molecule has 2 heterocycles. The number of benzene rings is 1. The van der Waals surface area contributed by atoms with Crippen molar-refractivity contribution in [1.29, 1.82) is 0 Å². The Morgan fingerprint density at radius 2 is 1.75 bits per heavy atom. The van der Waals surface area contributed by atoms with Crippen LogP contribution in [0.5, 0.6) is 0 Å². The van der Waals surface area contributed by atoms with Crippen LogP contribution >= 0.6 is 11.8 Å². The first kappa shape index (κ1) is 14.4. The van der Waals surface area contributed by atoms with Crippen molar-refractivity contribution in [2.24, 2.45) is 0 Å². The SMILES string of the molecule is CC1O[C@H](Sc2ccccc2)C2OC(C)(C)OC2[C@H]1O. The molecular formula is C15H20O4S. The monoisotopic (exact) mass is 296 g/mol. The quantitative estimate of drug-likeness (QED) is 0.908. The van der Waals surface area contributed by atoms with Gasteiger partial charge < -0.3 is 19.3 Å². The lowest BCUT2D eigenvalue weighted by Crippen LogP contribution is -2.54. The number of aliphatic hydroxyl groups excluding tert-OH is 1. The lowest BCUT2D eigenvalue weighted by Gasteiger charge is -2.38. The highest BCUT2D eigenvalue weighted by atomic mass is 32.2. The number of hydrogen-bond acceptors (Lipinski definition) is 5. The summed E-state index contributed by atoms with van der Waals surface area (Å²) in [6, 6.07) is 10.1. The summed E-state index contributed by atoms with van der Waals surface area (Å²) >= 11 is 1.61. The topological polar surface area (TPSA) is 47.9 Å². The van der Waals surface area contributed by atoms with Crippen molar-refractivity contribution < 1.29 is 19.3 Å². The van der Waals surface area contributed by atoms with Crippen molar-refractivity contribution in [3.8, 4) is 0 Å². The summed E-state index contributed by atoms with van der Waals surface area (Å²) in [6.45, 7) is 5.61. The molecule has 0 amide bonds. The third-order valence-corrected chi connectivity index (χ3v) is 4.75.